The molecule has 0 radical (unpaired) electrons. The zero-order valence-corrected chi connectivity index (χ0v) is 16.6. The zero-order chi connectivity index (χ0) is 19.5. The molecule has 2 aromatic rings. The standard InChI is InChI=1S/C19H23N5O3S/c1-27-17(26)13-4-6-14(7-5-13)20-16(25)12-28-19-22-21-18(23-10-2-3-11-23)24(19)15-8-9-15/h4-7,15H,2-3,8-12H2,1H3,(H,20,25). The minimum Gasteiger partial charge on any atom is -0.465 e. The van der Waals surface area contributed by atoms with Gasteiger partial charge in [-0.25, -0.2) is 4.79 Å². The smallest absolute Gasteiger partial charge is 0.337 e. The summed E-state index contributed by atoms with van der Waals surface area (Å²) in [5.41, 5.74) is 1.08. The van der Waals surface area contributed by atoms with Crippen molar-refractivity contribution in [3.05, 3.63) is 29.8 Å². The Labute approximate surface area is 167 Å². The molecule has 0 spiro atoms. The first-order valence-electron chi connectivity index (χ1n) is 9.46. The van der Waals surface area contributed by atoms with E-state index in [9.17, 15) is 9.59 Å². The highest BCUT2D eigenvalue weighted by Crippen LogP contribution is 2.41. The number of nitrogens with one attached hydrogen (secondary N) is 1. The van der Waals surface area contributed by atoms with E-state index in [4.69, 9.17) is 0 Å². The van der Waals surface area contributed by atoms with Crippen molar-refractivity contribution < 1.29 is 14.3 Å². The molecule has 148 valence electrons. The van der Waals surface area contributed by atoms with Crippen LogP contribution in [0.15, 0.2) is 29.4 Å². The van der Waals surface area contributed by atoms with Crippen LogP contribution >= 0.6 is 11.8 Å². The number of hydrogen-bond acceptors (Lipinski definition) is 7. The van der Waals surface area contributed by atoms with E-state index in [1.54, 1.807) is 24.3 Å². The van der Waals surface area contributed by atoms with E-state index in [0.29, 0.717) is 17.3 Å². The fourth-order valence-electron chi connectivity index (χ4n) is 3.29. The van der Waals surface area contributed by atoms with E-state index < -0.39 is 5.97 Å². The first-order chi connectivity index (χ1) is 13.7. The molecule has 1 saturated heterocycles. The highest BCUT2D eigenvalue weighted by atomic mass is 32.2. The number of hydrogen-bond donors (Lipinski definition) is 1. The fourth-order valence-corrected chi connectivity index (χ4v) is 4.09. The number of nitrogens with zero attached hydrogens (tertiary/aromatic N) is 4. The molecule has 28 heavy (non-hydrogen) atoms. The number of rotatable bonds is 7. The van der Waals surface area contributed by atoms with Crippen molar-refractivity contribution in [3.8, 4) is 0 Å². The Hall–Kier alpha value is -2.55. The van der Waals surface area contributed by atoms with Gasteiger partial charge in [0.05, 0.1) is 18.4 Å². The summed E-state index contributed by atoms with van der Waals surface area (Å²) in [5, 5.41) is 12.4. The van der Waals surface area contributed by atoms with Gasteiger partial charge in [0.2, 0.25) is 11.9 Å². The largest absolute Gasteiger partial charge is 0.465 e. The monoisotopic (exact) mass is 401 g/mol. The molecule has 1 aromatic carbocycles. The Morgan fingerprint density at radius 3 is 2.54 bits per heavy atom. The lowest BCUT2D eigenvalue weighted by Gasteiger charge is -2.17. The van der Waals surface area contributed by atoms with E-state index in [2.05, 4.69) is 29.7 Å². The molecule has 0 unspecified atom stereocenters. The number of thioether (sulfide) groups is 1. The second kappa shape index (κ2) is 8.22. The minimum atomic E-state index is -0.401. The predicted molar refractivity (Wildman–Crippen MR) is 107 cm³/mol. The van der Waals surface area contributed by atoms with E-state index in [0.717, 1.165) is 37.0 Å². The molecular weight excluding hydrogens is 378 g/mol. The second-order valence-corrected chi connectivity index (χ2v) is 7.93. The van der Waals surface area contributed by atoms with Crippen molar-refractivity contribution >= 4 is 35.3 Å². The van der Waals surface area contributed by atoms with Crippen LogP contribution in [-0.4, -0.2) is 52.6 Å². The minimum absolute atomic E-state index is 0.121. The van der Waals surface area contributed by atoms with Crippen LogP contribution in [0.5, 0.6) is 0 Å². The van der Waals surface area contributed by atoms with Crippen LogP contribution < -0.4 is 10.2 Å². The number of anilines is 2. The summed E-state index contributed by atoms with van der Waals surface area (Å²) >= 11 is 1.41. The highest BCUT2D eigenvalue weighted by Gasteiger charge is 2.32. The maximum Gasteiger partial charge on any atom is 0.337 e. The number of ether oxygens (including phenoxy) is 1. The summed E-state index contributed by atoms with van der Waals surface area (Å²) in [6.45, 7) is 2.05. The van der Waals surface area contributed by atoms with Gasteiger partial charge in [0.15, 0.2) is 5.16 Å². The van der Waals surface area contributed by atoms with Crippen LogP contribution in [-0.2, 0) is 9.53 Å². The van der Waals surface area contributed by atoms with E-state index >= 15 is 0 Å². The van der Waals surface area contributed by atoms with Gasteiger partial charge in [-0.2, -0.15) is 0 Å². The van der Waals surface area contributed by atoms with Gasteiger partial charge in [-0.3, -0.25) is 9.36 Å². The zero-order valence-electron chi connectivity index (χ0n) is 15.8. The number of aromatic nitrogens is 3. The van der Waals surface area contributed by atoms with E-state index in [1.807, 2.05) is 0 Å². The molecule has 2 aliphatic rings. The molecule has 1 aromatic heterocycles. The number of esters is 1. The average Bonchev–Trinajstić information content (AvgIpc) is 3.23. The van der Waals surface area contributed by atoms with Crippen LogP contribution in [0.4, 0.5) is 11.6 Å². The van der Waals surface area contributed by atoms with Gasteiger partial charge in [0.1, 0.15) is 0 Å². The Morgan fingerprint density at radius 2 is 1.89 bits per heavy atom. The SMILES string of the molecule is COC(=O)c1ccc(NC(=O)CSc2nnc(N3CCCC3)n2C2CC2)cc1. The first kappa shape index (κ1) is 18.8. The molecule has 0 bridgehead atoms. The summed E-state index contributed by atoms with van der Waals surface area (Å²) in [6, 6.07) is 7.09. The van der Waals surface area contributed by atoms with Crippen LogP contribution in [0.1, 0.15) is 42.1 Å². The molecule has 8 nitrogen and oxygen atoms in total. The van der Waals surface area contributed by atoms with Gasteiger partial charge in [-0.15, -0.1) is 10.2 Å². The summed E-state index contributed by atoms with van der Waals surface area (Å²) in [5.74, 6) is 0.677. The molecule has 1 aliphatic carbocycles. The van der Waals surface area contributed by atoms with Crippen molar-refractivity contribution in [1.82, 2.24) is 14.8 Å². The number of benzene rings is 1. The van der Waals surface area contributed by atoms with Crippen LogP contribution in [0.25, 0.3) is 0 Å². The van der Waals surface area contributed by atoms with Gasteiger partial charge < -0.3 is 15.0 Å². The van der Waals surface area contributed by atoms with Gasteiger partial charge in [-0.05, 0) is 49.9 Å². The molecule has 1 aliphatic heterocycles. The third kappa shape index (κ3) is 4.14. The lowest BCUT2D eigenvalue weighted by molar-refractivity contribution is -0.113. The molecular formula is C19H23N5O3S. The molecule has 1 amide bonds. The number of amides is 1. The Kier molecular flexibility index (Phi) is 5.52. The lowest BCUT2D eigenvalue weighted by Crippen LogP contribution is -2.22. The van der Waals surface area contributed by atoms with Crippen LogP contribution in [0.3, 0.4) is 0 Å². The van der Waals surface area contributed by atoms with Gasteiger partial charge >= 0.3 is 5.97 Å². The van der Waals surface area contributed by atoms with Crippen LogP contribution in [0.2, 0.25) is 0 Å². The van der Waals surface area contributed by atoms with Crippen molar-refractivity contribution in [2.24, 2.45) is 0 Å². The van der Waals surface area contributed by atoms with Crippen molar-refractivity contribution in [2.75, 3.05) is 36.2 Å². The van der Waals surface area contributed by atoms with Crippen molar-refractivity contribution in [2.45, 2.75) is 36.9 Å². The quantitative estimate of drug-likeness (QED) is 0.564. The Balaban J connectivity index is 1.36. The lowest BCUT2D eigenvalue weighted by atomic mass is 10.2. The molecule has 2 fully saturated rings. The highest BCUT2D eigenvalue weighted by molar-refractivity contribution is 7.99. The third-order valence-corrected chi connectivity index (χ3v) is 5.81. The average molecular weight is 401 g/mol. The first-order valence-corrected chi connectivity index (χ1v) is 10.4. The molecule has 2 heterocycles. The number of methoxy groups -OCH3 is 1. The molecule has 4 rings (SSSR count). The fraction of sp³-hybridized carbons (Fsp3) is 0.474. The predicted octanol–water partition coefficient (Wildman–Crippen LogP) is 2.73. The summed E-state index contributed by atoms with van der Waals surface area (Å²) in [7, 11) is 1.34. The summed E-state index contributed by atoms with van der Waals surface area (Å²) in [6.07, 6.45) is 4.67. The van der Waals surface area contributed by atoms with E-state index in [-0.39, 0.29) is 11.7 Å². The van der Waals surface area contributed by atoms with Gasteiger partial charge in [0.25, 0.3) is 0 Å². The topological polar surface area (TPSA) is 89.3 Å². The molecule has 9 heteroatoms. The van der Waals surface area contributed by atoms with Crippen molar-refractivity contribution in [1.29, 1.82) is 0 Å². The van der Waals surface area contributed by atoms with Crippen LogP contribution in [0, 0.1) is 0 Å². The maximum atomic E-state index is 12.3. The summed E-state index contributed by atoms with van der Waals surface area (Å²) < 4.78 is 6.87. The number of carbonyl (C=O) groups excluding carboxylic acids is 2. The normalized spacial score (nSPS) is 16.2. The third-order valence-electron chi connectivity index (χ3n) is 4.87. The Bertz CT molecular complexity index is 857. The van der Waals surface area contributed by atoms with Gasteiger partial charge in [0, 0.05) is 24.8 Å². The summed E-state index contributed by atoms with van der Waals surface area (Å²) in [4.78, 5) is 26.1. The molecule has 1 N–H and O–H groups in total. The molecule has 0 atom stereocenters. The second-order valence-electron chi connectivity index (χ2n) is 6.98. The molecule has 1 saturated carbocycles. The van der Waals surface area contributed by atoms with Gasteiger partial charge in [-0.1, -0.05) is 11.8 Å². The van der Waals surface area contributed by atoms with Crippen molar-refractivity contribution in [3.63, 3.8) is 0 Å². The Morgan fingerprint density at radius 1 is 1.18 bits per heavy atom. The van der Waals surface area contributed by atoms with E-state index in [1.165, 1.54) is 31.7 Å². The maximum absolute atomic E-state index is 12.3. The number of carbonyl (C=O) groups is 2.